The van der Waals surface area contributed by atoms with Gasteiger partial charge in [0.05, 0.1) is 18.9 Å². The molecular formula is C9H9N5O3. The van der Waals surface area contributed by atoms with Crippen LogP contribution in [-0.2, 0) is 0 Å². The topological polar surface area (TPSA) is 113 Å². The summed E-state index contributed by atoms with van der Waals surface area (Å²) in [6, 6.07) is 1.50. The number of nitrogens with zero attached hydrogens (tertiary/aromatic N) is 3. The predicted molar refractivity (Wildman–Crippen MR) is 56.8 cm³/mol. The molecule has 2 aromatic heterocycles. The smallest absolute Gasteiger partial charge is 0.336 e. The number of ether oxygens (including phenoxy) is 1. The Balaban J connectivity index is 2.14. The maximum Gasteiger partial charge on any atom is 0.336 e. The van der Waals surface area contributed by atoms with Crippen molar-refractivity contribution >= 4 is 11.9 Å². The maximum atomic E-state index is 11.7. The maximum absolute atomic E-state index is 11.7. The molecule has 0 atom stereocenters. The molecule has 0 unspecified atom stereocenters. The Labute approximate surface area is 95.7 Å². The van der Waals surface area contributed by atoms with Gasteiger partial charge >= 0.3 is 6.01 Å². The summed E-state index contributed by atoms with van der Waals surface area (Å²) in [5, 5.41) is 18.0. The number of pyridine rings is 1. The molecule has 0 aromatic carbocycles. The number of carbonyl (C=O) groups excluding carboxylic acids is 1. The predicted octanol–water partition coefficient (Wildman–Crippen LogP) is 0.166. The normalized spacial score (nSPS) is 9.94. The van der Waals surface area contributed by atoms with Gasteiger partial charge in [-0.3, -0.25) is 15.1 Å². The zero-order valence-electron chi connectivity index (χ0n) is 8.84. The van der Waals surface area contributed by atoms with E-state index < -0.39 is 5.91 Å². The Bertz CT molecular complexity index is 539. The first-order valence-electron chi connectivity index (χ1n) is 4.61. The summed E-state index contributed by atoms with van der Waals surface area (Å²) in [4.78, 5) is 19.2. The fraction of sp³-hybridized carbons (Fsp3) is 0.111. The highest BCUT2D eigenvalue weighted by Crippen LogP contribution is 2.15. The minimum atomic E-state index is -0.524. The highest BCUT2D eigenvalue weighted by molar-refractivity contribution is 6.05. The Morgan fingerprint density at radius 2 is 2.41 bits per heavy atom. The highest BCUT2D eigenvalue weighted by Gasteiger charge is 2.13. The molecule has 2 rings (SSSR count). The zero-order valence-corrected chi connectivity index (χ0v) is 8.84. The van der Waals surface area contributed by atoms with Crippen molar-refractivity contribution in [2.24, 2.45) is 0 Å². The fourth-order valence-corrected chi connectivity index (χ4v) is 1.15. The van der Waals surface area contributed by atoms with E-state index in [1.165, 1.54) is 25.6 Å². The molecule has 8 heteroatoms. The van der Waals surface area contributed by atoms with Crippen LogP contribution in [0.5, 0.6) is 11.8 Å². The van der Waals surface area contributed by atoms with Gasteiger partial charge in [-0.1, -0.05) is 0 Å². The lowest BCUT2D eigenvalue weighted by Crippen LogP contribution is -2.13. The van der Waals surface area contributed by atoms with Gasteiger partial charge in [0, 0.05) is 6.20 Å². The molecule has 0 radical (unpaired) electrons. The van der Waals surface area contributed by atoms with E-state index >= 15 is 0 Å². The molecule has 0 aliphatic carbocycles. The Hall–Kier alpha value is -2.64. The number of carbonyl (C=O) groups is 1. The molecule has 0 spiro atoms. The van der Waals surface area contributed by atoms with Gasteiger partial charge in [-0.15, -0.1) is 5.10 Å². The summed E-state index contributed by atoms with van der Waals surface area (Å²) in [5.74, 6) is -0.608. The van der Waals surface area contributed by atoms with E-state index in [1.807, 2.05) is 0 Å². The van der Waals surface area contributed by atoms with Crippen LogP contribution < -0.4 is 10.1 Å². The molecule has 3 N–H and O–H groups in total. The summed E-state index contributed by atoms with van der Waals surface area (Å²) in [6.45, 7) is 0. The Morgan fingerprint density at radius 1 is 1.59 bits per heavy atom. The van der Waals surface area contributed by atoms with E-state index in [0.717, 1.165) is 0 Å². The van der Waals surface area contributed by atoms with Gasteiger partial charge in [0.25, 0.3) is 5.91 Å². The second-order valence-corrected chi connectivity index (χ2v) is 3.02. The molecule has 0 fully saturated rings. The van der Waals surface area contributed by atoms with Crippen molar-refractivity contribution in [3.05, 3.63) is 24.0 Å². The van der Waals surface area contributed by atoms with Crippen molar-refractivity contribution in [3.63, 3.8) is 0 Å². The summed E-state index contributed by atoms with van der Waals surface area (Å²) in [6.07, 6.45) is 2.57. The van der Waals surface area contributed by atoms with Crippen LogP contribution in [0.4, 0.5) is 5.95 Å². The van der Waals surface area contributed by atoms with E-state index in [-0.39, 0.29) is 23.3 Å². The summed E-state index contributed by atoms with van der Waals surface area (Å²) >= 11 is 0. The fourth-order valence-electron chi connectivity index (χ4n) is 1.15. The van der Waals surface area contributed by atoms with Crippen LogP contribution in [-0.4, -0.2) is 38.3 Å². The number of amides is 1. The average Bonchev–Trinajstić information content (AvgIpc) is 2.77. The molecule has 0 saturated heterocycles. The van der Waals surface area contributed by atoms with E-state index in [4.69, 9.17) is 4.74 Å². The first-order chi connectivity index (χ1) is 8.20. The largest absolute Gasteiger partial charge is 0.505 e. The van der Waals surface area contributed by atoms with Crippen molar-refractivity contribution < 1.29 is 14.6 Å². The number of methoxy groups -OCH3 is 1. The standard InChI is InChI=1S/C9H9N5O3/c1-17-9-12-8(13-14-9)11-7(16)5-2-3-10-4-6(5)15/h2-4,15H,1H3,(H2,11,12,13,14,16). The van der Waals surface area contributed by atoms with Crippen molar-refractivity contribution in [2.45, 2.75) is 0 Å². The zero-order chi connectivity index (χ0) is 12.3. The molecular weight excluding hydrogens is 226 g/mol. The number of nitrogens with one attached hydrogen (secondary N) is 2. The number of aromatic amines is 1. The van der Waals surface area contributed by atoms with Gasteiger partial charge in [-0.25, -0.2) is 5.10 Å². The van der Waals surface area contributed by atoms with Gasteiger partial charge in [0.15, 0.2) is 0 Å². The van der Waals surface area contributed by atoms with Crippen LogP contribution in [0, 0.1) is 0 Å². The third kappa shape index (κ3) is 2.30. The van der Waals surface area contributed by atoms with Crippen LogP contribution >= 0.6 is 0 Å². The molecule has 2 heterocycles. The molecule has 0 aliphatic heterocycles. The van der Waals surface area contributed by atoms with Crippen LogP contribution in [0.1, 0.15) is 10.4 Å². The average molecular weight is 235 g/mol. The van der Waals surface area contributed by atoms with Gasteiger partial charge in [-0.05, 0) is 6.07 Å². The van der Waals surface area contributed by atoms with Crippen LogP contribution in [0.2, 0.25) is 0 Å². The Kier molecular flexibility index (Phi) is 2.86. The molecule has 8 nitrogen and oxygen atoms in total. The molecule has 0 saturated carbocycles. The molecule has 88 valence electrons. The molecule has 0 aliphatic rings. The number of anilines is 1. The first kappa shape index (κ1) is 10.9. The minimum absolute atomic E-state index is 0.0929. The summed E-state index contributed by atoms with van der Waals surface area (Å²) in [7, 11) is 1.41. The highest BCUT2D eigenvalue weighted by atomic mass is 16.5. The quantitative estimate of drug-likeness (QED) is 0.698. The lowest BCUT2D eigenvalue weighted by Gasteiger charge is -2.02. The van der Waals surface area contributed by atoms with Gasteiger partial charge in [0.2, 0.25) is 5.95 Å². The minimum Gasteiger partial charge on any atom is -0.505 e. The lowest BCUT2D eigenvalue weighted by atomic mass is 10.2. The van der Waals surface area contributed by atoms with E-state index in [1.54, 1.807) is 0 Å². The van der Waals surface area contributed by atoms with E-state index in [2.05, 4.69) is 25.5 Å². The van der Waals surface area contributed by atoms with Crippen molar-refractivity contribution in [1.29, 1.82) is 0 Å². The monoisotopic (exact) mass is 235 g/mol. The third-order valence-electron chi connectivity index (χ3n) is 1.92. The lowest BCUT2D eigenvalue weighted by molar-refractivity contribution is 0.102. The Morgan fingerprint density at radius 3 is 3.06 bits per heavy atom. The van der Waals surface area contributed by atoms with Crippen LogP contribution in [0.25, 0.3) is 0 Å². The van der Waals surface area contributed by atoms with Crippen molar-refractivity contribution in [1.82, 2.24) is 20.2 Å². The van der Waals surface area contributed by atoms with Gasteiger partial charge in [-0.2, -0.15) is 4.98 Å². The van der Waals surface area contributed by atoms with Crippen molar-refractivity contribution in [2.75, 3.05) is 12.4 Å². The second-order valence-electron chi connectivity index (χ2n) is 3.02. The number of aromatic hydroxyl groups is 1. The number of aromatic nitrogens is 4. The van der Waals surface area contributed by atoms with Crippen LogP contribution in [0.15, 0.2) is 18.5 Å². The molecule has 2 aromatic rings. The second kappa shape index (κ2) is 4.47. The molecule has 17 heavy (non-hydrogen) atoms. The number of hydrogen-bond acceptors (Lipinski definition) is 6. The van der Waals surface area contributed by atoms with Crippen molar-refractivity contribution in [3.8, 4) is 11.8 Å². The first-order valence-corrected chi connectivity index (χ1v) is 4.61. The summed E-state index contributed by atoms with van der Waals surface area (Å²) in [5.41, 5.74) is 0.0929. The molecule has 1 amide bonds. The van der Waals surface area contributed by atoms with E-state index in [0.29, 0.717) is 0 Å². The summed E-state index contributed by atoms with van der Waals surface area (Å²) < 4.78 is 4.74. The van der Waals surface area contributed by atoms with Gasteiger partial charge < -0.3 is 9.84 Å². The SMILES string of the molecule is COc1n[nH]c(NC(=O)c2ccncc2O)n1. The number of H-pyrrole nitrogens is 1. The van der Waals surface area contributed by atoms with Crippen LogP contribution in [0.3, 0.4) is 0 Å². The number of hydrogen-bond donors (Lipinski definition) is 3. The number of rotatable bonds is 3. The third-order valence-corrected chi connectivity index (χ3v) is 1.92. The van der Waals surface area contributed by atoms with E-state index in [9.17, 15) is 9.90 Å². The molecule has 0 bridgehead atoms. The van der Waals surface area contributed by atoms with Gasteiger partial charge in [0.1, 0.15) is 5.75 Å².